The van der Waals surface area contributed by atoms with Crippen molar-refractivity contribution < 1.29 is 9.53 Å². The van der Waals surface area contributed by atoms with Gasteiger partial charge in [0.1, 0.15) is 17.8 Å². The van der Waals surface area contributed by atoms with Crippen molar-refractivity contribution in [2.24, 2.45) is 0 Å². The third-order valence-corrected chi connectivity index (χ3v) is 3.29. The molecule has 0 fully saturated rings. The van der Waals surface area contributed by atoms with Gasteiger partial charge in [-0.15, -0.1) is 0 Å². The molecule has 3 aromatic rings. The molecule has 0 spiro atoms. The number of aromatic nitrogens is 3. The fourth-order valence-electron chi connectivity index (χ4n) is 2.31. The summed E-state index contributed by atoms with van der Waals surface area (Å²) < 4.78 is 4.89. The molecular weight excluding hydrogens is 284 g/mol. The van der Waals surface area contributed by atoms with Gasteiger partial charge in [0.05, 0.1) is 23.2 Å². The number of anilines is 2. The molecule has 0 saturated heterocycles. The lowest BCUT2D eigenvalue weighted by atomic mass is 10.2. The standard InChI is InChI=1S/C14H16N6O2/c1-22-6-5-16-14(21)19-9-4-2-3-8-10-12(15)17-7-18-13(10)20-11(8)9/h2-4,7H,5-6H2,1H3,(H2,16,19,21)(H3,15,17,18,20). The Balaban J connectivity index is 1.95. The summed E-state index contributed by atoms with van der Waals surface area (Å²) in [6.45, 7) is 0.888. The molecule has 3 rings (SSSR count). The summed E-state index contributed by atoms with van der Waals surface area (Å²) in [4.78, 5) is 23.2. The topological polar surface area (TPSA) is 118 Å². The van der Waals surface area contributed by atoms with E-state index < -0.39 is 0 Å². The molecular formula is C14H16N6O2. The minimum absolute atomic E-state index is 0.303. The highest BCUT2D eigenvalue weighted by molar-refractivity contribution is 6.15. The number of hydrogen-bond acceptors (Lipinski definition) is 5. The van der Waals surface area contributed by atoms with Gasteiger partial charge >= 0.3 is 6.03 Å². The molecule has 0 aliphatic carbocycles. The lowest BCUT2D eigenvalue weighted by Crippen LogP contribution is -2.31. The predicted molar refractivity (Wildman–Crippen MR) is 84.7 cm³/mol. The number of aromatic amines is 1. The summed E-state index contributed by atoms with van der Waals surface area (Å²) in [6.07, 6.45) is 1.40. The van der Waals surface area contributed by atoms with E-state index in [0.29, 0.717) is 30.3 Å². The van der Waals surface area contributed by atoms with E-state index in [-0.39, 0.29) is 6.03 Å². The van der Waals surface area contributed by atoms with Crippen LogP contribution >= 0.6 is 0 Å². The summed E-state index contributed by atoms with van der Waals surface area (Å²) >= 11 is 0. The van der Waals surface area contributed by atoms with Crippen LogP contribution in [-0.4, -0.2) is 41.2 Å². The second kappa shape index (κ2) is 5.86. The normalized spacial score (nSPS) is 11.0. The first-order valence-electron chi connectivity index (χ1n) is 6.75. The van der Waals surface area contributed by atoms with Gasteiger partial charge in [-0.2, -0.15) is 0 Å². The molecule has 8 heteroatoms. The molecule has 0 bridgehead atoms. The van der Waals surface area contributed by atoms with Gasteiger partial charge in [-0.05, 0) is 6.07 Å². The Kier molecular flexibility index (Phi) is 3.75. The van der Waals surface area contributed by atoms with E-state index in [1.54, 1.807) is 13.2 Å². The van der Waals surface area contributed by atoms with Crippen molar-refractivity contribution >= 4 is 39.5 Å². The first kappa shape index (κ1) is 14.1. The number of nitrogens with one attached hydrogen (secondary N) is 3. The number of carbonyl (C=O) groups is 1. The van der Waals surface area contributed by atoms with Crippen LogP contribution in [0.5, 0.6) is 0 Å². The highest BCUT2D eigenvalue weighted by atomic mass is 16.5. The van der Waals surface area contributed by atoms with Gasteiger partial charge in [-0.1, -0.05) is 12.1 Å². The molecule has 0 aliphatic rings. The third-order valence-electron chi connectivity index (χ3n) is 3.29. The van der Waals surface area contributed by atoms with Crippen molar-refractivity contribution in [3.05, 3.63) is 24.5 Å². The van der Waals surface area contributed by atoms with E-state index in [9.17, 15) is 4.79 Å². The molecule has 2 aromatic heterocycles. The highest BCUT2D eigenvalue weighted by Gasteiger charge is 2.13. The van der Waals surface area contributed by atoms with Gasteiger partial charge in [-0.25, -0.2) is 14.8 Å². The fourth-order valence-corrected chi connectivity index (χ4v) is 2.31. The number of methoxy groups -OCH3 is 1. The summed E-state index contributed by atoms with van der Waals surface area (Å²) in [6, 6.07) is 5.24. The van der Waals surface area contributed by atoms with Crippen molar-refractivity contribution in [3.8, 4) is 0 Å². The van der Waals surface area contributed by atoms with Crippen LogP contribution in [0.4, 0.5) is 16.3 Å². The molecule has 2 heterocycles. The van der Waals surface area contributed by atoms with Crippen molar-refractivity contribution in [2.45, 2.75) is 0 Å². The van der Waals surface area contributed by atoms with Crippen LogP contribution in [-0.2, 0) is 4.74 Å². The minimum Gasteiger partial charge on any atom is -0.383 e. The number of para-hydroxylation sites is 1. The molecule has 0 radical (unpaired) electrons. The van der Waals surface area contributed by atoms with Crippen LogP contribution in [0.3, 0.4) is 0 Å². The van der Waals surface area contributed by atoms with Gasteiger partial charge in [0.25, 0.3) is 0 Å². The molecule has 0 unspecified atom stereocenters. The number of carbonyl (C=O) groups excluding carboxylic acids is 1. The minimum atomic E-state index is -0.303. The maximum Gasteiger partial charge on any atom is 0.319 e. The zero-order chi connectivity index (χ0) is 15.5. The molecule has 1 aromatic carbocycles. The lowest BCUT2D eigenvalue weighted by molar-refractivity contribution is 0.198. The van der Waals surface area contributed by atoms with E-state index in [4.69, 9.17) is 10.5 Å². The van der Waals surface area contributed by atoms with Gasteiger partial charge in [0.15, 0.2) is 0 Å². The van der Waals surface area contributed by atoms with E-state index in [0.717, 1.165) is 16.3 Å². The van der Waals surface area contributed by atoms with Gasteiger partial charge in [0, 0.05) is 19.0 Å². The van der Waals surface area contributed by atoms with E-state index in [1.807, 2.05) is 12.1 Å². The van der Waals surface area contributed by atoms with Crippen LogP contribution in [0.1, 0.15) is 0 Å². The Morgan fingerprint density at radius 2 is 2.27 bits per heavy atom. The molecule has 2 amide bonds. The third kappa shape index (κ3) is 2.51. The van der Waals surface area contributed by atoms with Gasteiger partial charge in [0.2, 0.25) is 0 Å². The maximum atomic E-state index is 11.9. The summed E-state index contributed by atoms with van der Waals surface area (Å²) in [7, 11) is 1.58. The zero-order valence-electron chi connectivity index (χ0n) is 12.0. The molecule has 0 atom stereocenters. The number of fused-ring (bicyclic) bond motifs is 3. The Labute approximate surface area is 126 Å². The number of hydrogen-bond donors (Lipinski definition) is 4. The quantitative estimate of drug-likeness (QED) is 0.544. The second-order valence-electron chi connectivity index (χ2n) is 4.71. The number of ether oxygens (including phenoxy) is 1. The van der Waals surface area contributed by atoms with E-state index >= 15 is 0 Å². The Bertz CT molecular complexity index is 829. The highest BCUT2D eigenvalue weighted by Crippen LogP contribution is 2.31. The zero-order valence-corrected chi connectivity index (χ0v) is 12.0. The van der Waals surface area contributed by atoms with Crippen molar-refractivity contribution in [3.63, 3.8) is 0 Å². The Morgan fingerprint density at radius 3 is 3.09 bits per heavy atom. The maximum absolute atomic E-state index is 11.9. The Morgan fingerprint density at radius 1 is 1.41 bits per heavy atom. The van der Waals surface area contributed by atoms with Crippen LogP contribution in [0.25, 0.3) is 21.9 Å². The first-order valence-corrected chi connectivity index (χ1v) is 6.75. The number of rotatable bonds is 4. The number of nitrogens with zero attached hydrogens (tertiary/aromatic N) is 2. The Hall–Kier alpha value is -2.87. The number of nitrogen functional groups attached to an aromatic ring is 1. The molecule has 22 heavy (non-hydrogen) atoms. The van der Waals surface area contributed by atoms with Crippen molar-refractivity contribution in [1.29, 1.82) is 0 Å². The fraction of sp³-hybridized carbons (Fsp3) is 0.214. The van der Waals surface area contributed by atoms with Gasteiger partial charge in [-0.3, -0.25) is 0 Å². The van der Waals surface area contributed by atoms with Crippen LogP contribution in [0.2, 0.25) is 0 Å². The van der Waals surface area contributed by atoms with E-state index in [2.05, 4.69) is 25.6 Å². The number of benzene rings is 1. The molecule has 8 nitrogen and oxygen atoms in total. The monoisotopic (exact) mass is 300 g/mol. The lowest BCUT2D eigenvalue weighted by Gasteiger charge is -2.08. The van der Waals surface area contributed by atoms with E-state index in [1.165, 1.54) is 6.33 Å². The van der Waals surface area contributed by atoms with Crippen molar-refractivity contribution in [2.75, 3.05) is 31.3 Å². The number of amides is 2. The molecule has 0 saturated carbocycles. The molecule has 114 valence electrons. The number of H-pyrrole nitrogens is 1. The smallest absolute Gasteiger partial charge is 0.319 e. The average molecular weight is 300 g/mol. The van der Waals surface area contributed by atoms with Crippen LogP contribution < -0.4 is 16.4 Å². The SMILES string of the molecule is COCCNC(=O)Nc1cccc2c1[nH]c1ncnc(N)c12. The largest absolute Gasteiger partial charge is 0.383 e. The molecule has 5 N–H and O–H groups in total. The summed E-state index contributed by atoms with van der Waals surface area (Å²) in [5.74, 6) is 0.401. The second-order valence-corrected chi connectivity index (χ2v) is 4.71. The van der Waals surface area contributed by atoms with Crippen LogP contribution in [0.15, 0.2) is 24.5 Å². The first-order chi connectivity index (χ1) is 10.7. The number of urea groups is 1. The van der Waals surface area contributed by atoms with Crippen LogP contribution in [0, 0.1) is 0 Å². The van der Waals surface area contributed by atoms with Gasteiger partial charge < -0.3 is 26.1 Å². The van der Waals surface area contributed by atoms with Crippen molar-refractivity contribution in [1.82, 2.24) is 20.3 Å². The average Bonchev–Trinajstić information content (AvgIpc) is 2.88. The molecule has 0 aliphatic heterocycles. The summed E-state index contributed by atoms with van der Waals surface area (Å²) in [5.41, 5.74) is 7.95. The summed E-state index contributed by atoms with van der Waals surface area (Å²) in [5, 5.41) is 7.11. The number of nitrogens with two attached hydrogens (primary N) is 1. The predicted octanol–water partition coefficient (Wildman–Crippen LogP) is 1.46.